The molecule has 0 N–H and O–H groups in total. The van der Waals surface area contributed by atoms with Crippen LogP contribution in [0.5, 0.6) is 0 Å². The van der Waals surface area contributed by atoms with E-state index in [0.29, 0.717) is 0 Å². The van der Waals surface area contributed by atoms with E-state index in [2.05, 4.69) is 5.10 Å². The Labute approximate surface area is 60.7 Å². The average molecular weight is 144 g/mol. The van der Waals surface area contributed by atoms with Crippen LogP contribution in [-0.2, 0) is 0 Å². The maximum atomic E-state index is 12.7. The number of alkyl halides is 1. The van der Waals surface area contributed by atoms with Crippen LogP contribution in [0.25, 0.3) is 0 Å². The summed E-state index contributed by atoms with van der Waals surface area (Å²) in [5.41, 5.74) is 0. The van der Waals surface area contributed by atoms with Crippen LogP contribution in [0.15, 0.2) is 5.10 Å². The lowest BCUT2D eigenvalue weighted by Crippen LogP contribution is -2.30. The third kappa shape index (κ3) is 1.13. The SMILES string of the molecule is CC(F)C1C=NN(C)C1C. The molecule has 1 aliphatic heterocycles. The third-order valence-electron chi connectivity index (χ3n) is 2.10. The number of rotatable bonds is 1. The molecule has 3 heteroatoms. The smallest absolute Gasteiger partial charge is 0.107 e. The summed E-state index contributed by atoms with van der Waals surface area (Å²) < 4.78 is 12.7. The van der Waals surface area contributed by atoms with Gasteiger partial charge in [0.2, 0.25) is 0 Å². The number of nitrogens with zero attached hydrogens (tertiary/aromatic N) is 2. The third-order valence-corrected chi connectivity index (χ3v) is 2.10. The summed E-state index contributed by atoms with van der Waals surface area (Å²) in [4.78, 5) is 0. The van der Waals surface area contributed by atoms with Crippen LogP contribution in [0.3, 0.4) is 0 Å². The van der Waals surface area contributed by atoms with Crippen molar-refractivity contribution in [2.24, 2.45) is 11.0 Å². The first-order chi connectivity index (χ1) is 4.63. The number of halogens is 1. The molecule has 2 nitrogen and oxygen atoms in total. The molecule has 58 valence electrons. The fraction of sp³-hybridized carbons (Fsp3) is 0.857. The van der Waals surface area contributed by atoms with Crippen molar-refractivity contribution in [1.29, 1.82) is 0 Å². The van der Waals surface area contributed by atoms with Gasteiger partial charge < -0.3 is 0 Å². The Morgan fingerprint density at radius 2 is 2.30 bits per heavy atom. The van der Waals surface area contributed by atoms with Gasteiger partial charge in [-0.25, -0.2) is 4.39 Å². The van der Waals surface area contributed by atoms with Crippen molar-refractivity contribution in [3.63, 3.8) is 0 Å². The van der Waals surface area contributed by atoms with E-state index in [1.807, 2.05) is 14.0 Å². The first-order valence-electron chi connectivity index (χ1n) is 3.54. The van der Waals surface area contributed by atoms with E-state index in [1.54, 1.807) is 18.1 Å². The summed E-state index contributed by atoms with van der Waals surface area (Å²) in [5, 5.41) is 5.78. The Morgan fingerprint density at radius 3 is 2.50 bits per heavy atom. The maximum Gasteiger partial charge on any atom is 0.107 e. The van der Waals surface area contributed by atoms with Crippen molar-refractivity contribution in [1.82, 2.24) is 5.01 Å². The molecule has 0 saturated carbocycles. The van der Waals surface area contributed by atoms with Gasteiger partial charge in [0.15, 0.2) is 0 Å². The van der Waals surface area contributed by atoms with E-state index in [-0.39, 0.29) is 12.0 Å². The molecule has 1 heterocycles. The second-order valence-corrected chi connectivity index (χ2v) is 2.83. The fourth-order valence-electron chi connectivity index (χ4n) is 1.16. The van der Waals surface area contributed by atoms with Gasteiger partial charge in [0, 0.05) is 19.2 Å². The van der Waals surface area contributed by atoms with Crippen molar-refractivity contribution >= 4 is 6.21 Å². The summed E-state index contributed by atoms with van der Waals surface area (Å²) >= 11 is 0. The van der Waals surface area contributed by atoms with Crippen molar-refractivity contribution in [3.8, 4) is 0 Å². The molecule has 3 unspecified atom stereocenters. The second kappa shape index (κ2) is 2.56. The highest BCUT2D eigenvalue weighted by Gasteiger charge is 2.28. The summed E-state index contributed by atoms with van der Waals surface area (Å²) in [6, 6.07) is 0.208. The topological polar surface area (TPSA) is 15.6 Å². The Kier molecular flexibility index (Phi) is 1.92. The van der Waals surface area contributed by atoms with Crippen LogP contribution in [0.1, 0.15) is 13.8 Å². The number of hydrogen-bond donors (Lipinski definition) is 0. The van der Waals surface area contributed by atoms with Gasteiger partial charge in [0.05, 0.1) is 6.04 Å². The molecule has 0 aromatic rings. The van der Waals surface area contributed by atoms with E-state index < -0.39 is 6.17 Å². The molecule has 0 aliphatic carbocycles. The normalized spacial score (nSPS) is 35.0. The van der Waals surface area contributed by atoms with Gasteiger partial charge in [-0.15, -0.1) is 0 Å². The van der Waals surface area contributed by atoms with Crippen molar-refractivity contribution in [2.45, 2.75) is 26.1 Å². The molecule has 0 aromatic carbocycles. The summed E-state index contributed by atoms with van der Waals surface area (Å²) in [7, 11) is 1.86. The molecule has 1 rings (SSSR count). The zero-order valence-corrected chi connectivity index (χ0v) is 6.58. The minimum absolute atomic E-state index is 0.0231. The molecule has 0 saturated heterocycles. The lowest BCUT2D eigenvalue weighted by molar-refractivity contribution is 0.198. The Bertz CT molecular complexity index is 145. The van der Waals surface area contributed by atoms with Crippen LogP contribution >= 0.6 is 0 Å². The van der Waals surface area contributed by atoms with Gasteiger partial charge in [-0.2, -0.15) is 5.10 Å². The van der Waals surface area contributed by atoms with E-state index >= 15 is 0 Å². The molecular weight excluding hydrogens is 131 g/mol. The molecule has 0 aromatic heterocycles. The van der Waals surface area contributed by atoms with E-state index in [9.17, 15) is 4.39 Å². The van der Waals surface area contributed by atoms with Crippen LogP contribution in [0.2, 0.25) is 0 Å². The molecule has 0 amide bonds. The fourth-order valence-corrected chi connectivity index (χ4v) is 1.16. The van der Waals surface area contributed by atoms with Crippen molar-refractivity contribution in [2.75, 3.05) is 7.05 Å². The van der Waals surface area contributed by atoms with E-state index in [1.165, 1.54) is 0 Å². The predicted molar refractivity (Wildman–Crippen MR) is 39.8 cm³/mol. The molecule has 10 heavy (non-hydrogen) atoms. The van der Waals surface area contributed by atoms with Gasteiger partial charge in [0.1, 0.15) is 6.17 Å². The van der Waals surface area contributed by atoms with Gasteiger partial charge in [-0.1, -0.05) is 0 Å². The number of hydrazone groups is 1. The molecule has 3 atom stereocenters. The van der Waals surface area contributed by atoms with E-state index in [4.69, 9.17) is 0 Å². The summed E-state index contributed by atoms with van der Waals surface area (Å²) in [5.74, 6) is -0.0231. The standard InChI is InChI=1S/C7H13FN2/c1-5(8)7-4-9-10(3)6(7)2/h4-7H,1-3H3. The molecule has 0 bridgehead atoms. The second-order valence-electron chi connectivity index (χ2n) is 2.83. The largest absolute Gasteiger partial charge is 0.297 e. The van der Waals surface area contributed by atoms with Gasteiger partial charge in [0.25, 0.3) is 0 Å². The first-order valence-corrected chi connectivity index (χ1v) is 3.54. The van der Waals surface area contributed by atoms with Crippen LogP contribution < -0.4 is 0 Å². The average Bonchev–Trinajstić information content (AvgIpc) is 2.14. The monoisotopic (exact) mass is 144 g/mol. The van der Waals surface area contributed by atoms with Crippen LogP contribution in [0, 0.1) is 5.92 Å². The quantitative estimate of drug-likeness (QED) is 0.541. The first kappa shape index (κ1) is 7.51. The minimum atomic E-state index is -0.788. The summed E-state index contributed by atoms with van der Waals surface area (Å²) in [6.45, 7) is 3.56. The van der Waals surface area contributed by atoms with Crippen molar-refractivity contribution in [3.05, 3.63) is 0 Å². The Balaban J connectivity index is 2.58. The predicted octanol–water partition coefficient (Wildman–Crippen LogP) is 1.28. The Morgan fingerprint density at radius 1 is 1.70 bits per heavy atom. The molecule has 0 fully saturated rings. The molecule has 1 aliphatic rings. The molecule has 0 spiro atoms. The highest BCUT2D eigenvalue weighted by molar-refractivity contribution is 5.64. The summed E-state index contributed by atoms with van der Waals surface area (Å²) in [6.07, 6.45) is 0.902. The number of hydrogen-bond acceptors (Lipinski definition) is 2. The lowest BCUT2D eigenvalue weighted by Gasteiger charge is -2.20. The van der Waals surface area contributed by atoms with Gasteiger partial charge in [-0.05, 0) is 13.8 Å². The lowest BCUT2D eigenvalue weighted by atomic mass is 9.99. The van der Waals surface area contributed by atoms with Crippen molar-refractivity contribution < 1.29 is 4.39 Å². The van der Waals surface area contributed by atoms with Gasteiger partial charge >= 0.3 is 0 Å². The van der Waals surface area contributed by atoms with Gasteiger partial charge in [-0.3, -0.25) is 5.01 Å². The van der Waals surface area contributed by atoms with Crippen LogP contribution in [-0.4, -0.2) is 30.5 Å². The zero-order chi connectivity index (χ0) is 7.72. The maximum absolute atomic E-state index is 12.7. The van der Waals surface area contributed by atoms with E-state index in [0.717, 1.165) is 0 Å². The van der Waals surface area contributed by atoms with Crippen LogP contribution in [0.4, 0.5) is 4.39 Å². The highest BCUT2D eigenvalue weighted by atomic mass is 19.1. The molecular formula is C7H13FN2. The highest BCUT2D eigenvalue weighted by Crippen LogP contribution is 2.19. The Hall–Kier alpha value is -0.600. The molecule has 0 radical (unpaired) electrons. The minimum Gasteiger partial charge on any atom is -0.297 e. The zero-order valence-electron chi connectivity index (χ0n) is 6.58.